The molecule has 0 aliphatic rings. The standard InChI is InChI=1S/C10H10F2N2O2/c1-2-14(10(13)16)9(15)8-6(11)4-3-5-7(8)12/h3-5H,2H2,1H3,(H2,13,16). The number of imide groups is 1. The molecule has 4 nitrogen and oxygen atoms in total. The molecule has 6 heteroatoms. The number of carbonyl (C=O) groups is 2. The van der Waals surface area contributed by atoms with E-state index >= 15 is 0 Å². The fourth-order valence-electron chi connectivity index (χ4n) is 1.24. The van der Waals surface area contributed by atoms with Gasteiger partial charge in [-0.3, -0.25) is 9.69 Å². The van der Waals surface area contributed by atoms with E-state index in [2.05, 4.69) is 0 Å². The maximum absolute atomic E-state index is 13.2. The van der Waals surface area contributed by atoms with Gasteiger partial charge in [-0.1, -0.05) is 6.07 Å². The number of primary amides is 1. The highest BCUT2D eigenvalue weighted by atomic mass is 19.1. The second kappa shape index (κ2) is 4.69. The van der Waals surface area contributed by atoms with E-state index in [-0.39, 0.29) is 6.54 Å². The van der Waals surface area contributed by atoms with Crippen molar-refractivity contribution in [1.29, 1.82) is 0 Å². The van der Waals surface area contributed by atoms with Gasteiger partial charge in [0.1, 0.15) is 17.2 Å². The van der Waals surface area contributed by atoms with Gasteiger partial charge >= 0.3 is 6.03 Å². The van der Waals surface area contributed by atoms with Gasteiger partial charge in [0, 0.05) is 6.54 Å². The number of hydrogen-bond acceptors (Lipinski definition) is 2. The SMILES string of the molecule is CCN(C(N)=O)C(=O)c1c(F)cccc1F. The summed E-state index contributed by atoms with van der Waals surface area (Å²) in [7, 11) is 0. The van der Waals surface area contributed by atoms with Crippen molar-refractivity contribution in [1.82, 2.24) is 4.90 Å². The molecule has 0 aliphatic carbocycles. The fraction of sp³-hybridized carbons (Fsp3) is 0.200. The summed E-state index contributed by atoms with van der Waals surface area (Å²) < 4.78 is 26.4. The van der Waals surface area contributed by atoms with Crippen LogP contribution in [0.15, 0.2) is 18.2 Å². The zero-order valence-corrected chi connectivity index (χ0v) is 8.54. The quantitative estimate of drug-likeness (QED) is 0.833. The number of amides is 3. The summed E-state index contributed by atoms with van der Waals surface area (Å²) in [6.45, 7) is 1.42. The van der Waals surface area contributed by atoms with Gasteiger partial charge in [-0.15, -0.1) is 0 Å². The molecule has 0 aliphatic heterocycles. The fourth-order valence-corrected chi connectivity index (χ4v) is 1.24. The van der Waals surface area contributed by atoms with E-state index in [1.54, 1.807) is 0 Å². The van der Waals surface area contributed by atoms with Crippen LogP contribution in [0.5, 0.6) is 0 Å². The third-order valence-electron chi connectivity index (χ3n) is 2.00. The number of halogens is 2. The smallest absolute Gasteiger partial charge is 0.321 e. The van der Waals surface area contributed by atoms with E-state index in [0.717, 1.165) is 18.2 Å². The van der Waals surface area contributed by atoms with Crippen molar-refractivity contribution in [2.24, 2.45) is 5.73 Å². The highest BCUT2D eigenvalue weighted by Gasteiger charge is 2.24. The van der Waals surface area contributed by atoms with Crippen LogP contribution in [0, 0.1) is 11.6 Å². The van der Waals surface area contributed by atoms with Crippen LogP contribution in [0.4, 0.5) is 13.6 Å². The normalized spacial score (nSPS) is 9.94. The van der Waals surface area contributed by atoms with Gasteiger partial charge in [-0.25, -0.2) is 13.6 Å². The number of hydrogen-bond donors (Lipinski definition) is 1. The van der Waals surface area contributed by atoms with Crippen LogP contribution in [-0.4, -0.2) is 23.4 Å². The average Bonchev–Trinajstić information content (AvgIpc) is 2.17. The number of nitrogens with two attached hydrogens (primary N) is 1. The number of carbonyl (C=O) groups excluding carboxylic acids is 2. The molecule has 0 unspecified atom stereocenters. The largest absolute Gasteiger partial charge is 0.351 e. The van der Waals surface area contributed by atoms with Gasteiger partial charge in [0.2, 0.25) is 0 Å². The van der Waals surface area contributed by atoms with E-state index in [0.29, 0.717) is 4.90 Å². The number of rotatable bonds is 2. The molecule has 0 aromatic heterocycles. The van der Waals surface area contributed by atoms with Crippen molar-refractivity contribution in [2.75, 3.05) is 6.54 Å². The molecule has 0 bridgehead atoms. The topological polar surface area (TPSA) is 63.4 Å². The Balaban J connectivity index is 3.18. The van der Waals surface area contributed by atoms with E-state index in [9.17, 15) is 18.4 Å². The summed E-state index contributed by atoms with van der Waals surface area (Å²) >= 11 is 0. The lowest BCUT2D eigenvalue weighted by molar-refractivity contribution is 0.0805. The van der Waals surface area contributed by atoms with E-state index < -0.39 is 29.1 Å². The highest BCUT2D eigenvalue weighted by molar-refractivity contribution is 6.04. The minimum absolute atomic E-state index is 0.0536. The molecule has 0 saturated carbocycles. The zero-order valence-electron chi connectivity index (χ0n) is 8.54. The molecule has 0 radical (unpaired) electrons. The molecule has 3 amide bonds. The van der Waals surface area contributed by atoms with Crippen LogP contribution in [0.3, 0.4) is 0 Å². The summed E-state index contributed by atoms with van der Waals surface area (Å²) in [6.07, 6.45) is 0. The van der Waals surface area contributed by atoms with Crippen molar-refractivity contribution in [3.8, 4) is 0 Å². The molecule has 0 atom stereocenters. The Morgan fingerprint density at radius 1 is 1.31 bits per heavy atom. The Morgan fingerprint density at radius 2 is 1.81 bits per heavy atom. The summed E-state index contributed by atoms with van der Waals surface area (Å²) in [4.78, 5) is 23.0. The van der Waals surface area contributed by atoms with E-state index in [4.69, 9.17) is 5.73 Å². The van der Waals surface area contributed by atoms with Gasteiger partial charge < -0.3 is 5.73 Å². The predicted octanol–water partition coefficient (Wildman–Crippen LogP) is 1.51. The Hall–Kier alpha value is -1.98. The Bertz CT molecular complexity index is 415. The van der Waals surface area contributed by atoms with Crippen molar-refractivity contribution < 1.29 is 18.4 Å². The molecule has 1 aromatic carbocycles. The Labute approximate surface area is 90.6 Å². The van der Waals surface area contributed by atoms with Crippen LogP contribution >= 0.6 is 0 Å². The second-order valence-corrected chi connectivity index (χ2v) is 2.98. The van der Waals surface area contributed by atoms with Crippen LogP contribution in [0.2, 0.25) is 0 Å². The molecule has 0 heterocycles. The second-order valence-electron chi connectivity index (χ2n) is 2.98. The van der Waals surface area contributed by atoms with Crippen molar-refractivity contribution in [2.45, 2.75) is 6.92 Å². The molecule has 86 valence electrons. The van der Waals surface area contributed by atoms with Gasteiger partial charge in [0.05, 0.1) is 0 Å². The molecule has 0 fully saturated rings. The van der Waals surface area contributed by atoms with E-state index in [1.807, 2.05) is 0 Å². The first-order valence-corrected chi connectivity index (χ1v) is 4.54. The minimum atomic E-state index is -1.08. The van der Waals surface area contributed by atoms with Crippen LogP contribution in [0.1, 0.15) is 17.3 Å². The molecular formula is C10H10F2N2O2. The van der Waals surface area contributed by atoms with Gasteiger partial charge in [-0.2, -0.15) is 0 Å². The molecule has 2 N–H and O–H groups in total. The monoisotopic (exact) mass is 228 g/mol. The lowest BCUT2D eigenvalue weighted by Gasteiger charge is -2.16. The average molecular weight is 228 g/mol. The van der Waals surface area contributed by atoms with Crippen molar-refractivity contribution >= 4 is 11.9 Å². The predicted molar refractivity (Wildman–Crippen MR) is 52.7 cm³/mol. The molecule has 1 rings (SSSR count). The number of urea groups is 1. The summed E-state index contributed by atoms with van der Waals surface area (Å²) in [5.41, 5.74) is 4.13. The van der Waals surface area contributed by atoms with Gasteiger partial charge in [0.25, 0.3) is 5.91 Å². The first kappa shape index (κ1) is 12.1. The van der Waals surface area contributed by atoms with E-state index in [1.165, 1.54) is 6.92 Å². The summed E-state index contributed by atoms with van der Waals surface area (Å²) in [5.74, 6) is -3.13. The zero-order chi connectivity index (χ0) is 12.3. The minimum Gasteiger partial charge on any atom is -0.351 e. The molecule has 16 heavy (non-hydrogen) atoms. The van der Waals surface area contributed by atoms with Gasteiger partial charge in [0.15, 0.2) is 0 Å². The maximum atomic E-state index is 13.2. The first-order chi connectivity index (χ1) is 7.49. The van der Waals surface area contributed by atoms with Crippen molar-refractivity contribution in [3.05, 3.63) is 35.4 Å². The number of nitrogens with zero attached hydrogens (tertiary/aromatic N) is 1. The maximum Gasteiger partial charge on any atom is 0.321 e. The molecule has 0 spiro atoms. The van der Waals surface area contributed by atoms with Crippen molar-refractivity contribution in [3.63, 3.8) is 0 Å². The van der Waals surface area contributed by atoms with Crippen LogP contribution in [0.25, 0.3) is 0 Å². The summed E-state index contributed by atoms with van der Waals surface area (Å²) in [6, 6.07) is 1.95. The van der Waals surface area contributed by atoms with Gasteiger partial charge in [-0.05, 0) is 19.1 Å². The Morgan fingerprint density at radius 3 is 2.19 bits per heavy atom. The lowest BCUT2D eigenvalue weighted by Crippen LogP contribution is -2.41. The molecular weight excluding hydrogens is 218 g/mol. The number of benzene rings is 1. The highest BCUT2D eigenvalue weighted by Crippen LogP contribution is 2.14. The Kier molecular flexibility index (Phi) is 3.55. The third-order valence-corrected chi connectivity index (χ3v) is 2.00. The lowest BCUT2D eigenvalue weighted by atomic mass is 10.1. The third kappa shape index (κ3) is 2.16. The molecule has 1 aromatic rings. The van der Waals surface area contributed by atoms with Crippen LogP contribution in [-0.2, 0) is 0 Å². The van der Waals surface area contributed by atoms with Crippen LogP contribution < -0.4 is 5.73 Å². The molecule has 0 saturated heterocycles. The summed E-state index contributed by atoms with van der Waals surface area (Å²) in [5, 5.41) is 0. The first-order valence-electron chi connectivity index (χ1n) is 4.54.